The molecule has 0 fully saturated rings. The van der Waals surface area contributed by atoms with Crippen LogP contribution in [-0.2, 0) is 6.42 Å². The number of nitrogens with zero attached hydrogens (tertiary/aromatic N) is 1. The van der Waals surface area contributed by atoms with Gasteiger partial charge < -0.3 is 9.47 Å². The van der Waals surface area contributed by atoms with Crippen LogP contribution in [-0.4, -0.2) is 26.5 Å². The van der Waals surface area contributed by atoms with Crippen LogP contribution in [0.15, 0.2) is 34.6 Å². The first-order chi connectivity index (χ1) is 9.33. The number of aliphatic imine (C=N–C) groups is 1. The van der Waals surface area contributed by atoms with Crippen LogP contribution in [0.5, 0.6) is 11.5 Å². The van der Waals surface area contributed by atoms with Crippen molar-refractivity contribution in [2.45, 2.75) is 6.42 Å². The highest BCUT2D eigenvalue weighted by atomic mass is 32.1. The molecule has 2 aromatic rings. The first-order valence-corrected chi connectivity index (χ1v) is 7.05. The Morgan fingerprint density at radius 3 is 2.84 bits per heavy atom. The van der Waals surface area contributed by atoms with Crippen molar-refractivity contribution in [3.8, 4) is 11.5 Å². The highest BCUT2D eigenvalue weighted by Gasteiger charge is 2.20. The SMILES string of the molecule is COc1ccc(OC)c(C2=NCCc3ccsc32)c1. The Balaban J connectivity index is 2.14. The van der Waals surface area contributed by atoms with E-state index in [-0.39, 0.29) is 0 Å². The minimum absolute atomic E-state index is 0.821. The average molecular weight is 273 g/mol. The number of thiophene rings is 1. The van der Waals surface area contributed by atoms with E-state index in [0.717, 1.165) is 35.7 Å². The number of ether oxygens (including phenoxy) is 2. The Kier molecular flexibility index (Phi) is 3.25. The highest BCUT2D eigenvalue weighted by molar-refractivity contribution is 7.12. The van der Waals surface area contributed by atoms with Crippen molar-refractivity contribution in [3.05, 3.63) is 45.6 Å². The van der Waals surface area contributed by atoms with Crippen LogP contribution in [0, 0.1) is 0 Å². The molecular formula is C15H15NO2S. The van der Waals surface area contributed by atoms with E-state index in [1.807, 2.05) is 18.2 Å². The van der Waals surface area contributed by atoms with E-state index in [2.05, 4.69) is 16.4 Å². The monoisotopic (exact) mass is 273 g/mol. The third kappa shape index (κ3) is 2.12. The molecule has 1 aromatic heterocycles. The summed E-state index contributed by atoms with van der Waals surface area (Å²) in [6.45, 7) is 0.833. The van der Waals surface area contributed by atoms with Crippen LogP contribution in [0.2, 0.25) is 0 Å². The normalized spacial score (nSPS) is 13.7. The molecule has 0 aliphatic carbocycles. The lowest BCUT2D eigenvalue weighted by atomic mass is 10.0. The molecule has 3 rings (SSSR count). The Morgan fingerprint density at radius 1 is 1.16 bits per heavy atom. The summed E-state index contributed by atoms with van der Waals surface area (Å²) in [5.74, 6) is 1.66. The molecule has 2 heterocycles. The van der Waals surface area contributed by atoms with Gasteiger partial charge in [0, 0.05) is 12.1 Å². The van der Waals surface area contributed by atoms with Gasteiger partial charge in [0.1, 0.15) is 11.5 Å². The van der Waals surface area contributed by atoms with E-state index in [1.165, 1.54) is 10.4 Å². The van der Waals surface area contributed by atoms with Gasteiger partial charge in [0.25, 0.3) is 0 Å². The van der Waals surface area contributed by atoms with Gasteiger partial charge in [-0.05, 0) is 41.6 Å². The molecule has 1 aromatic carbocycles. The third-order valence-electron chi connectivity index (χ3n) is 3.27. The zero-order valence-corrected chi connectivity index (χ0v) is 11.8. The summed E-state index contributed by atoms with van der Waals surface area (Å²) in [7, 11) is 3.36. The van der Waals surface area contributed by atoms with E-state index < -0.39 is 0 Å². The Morgan fingerprint density at radius 2 is 2.05 bits per heavy atom. The second-order valence-electron chi connectivity index (χ2n) is 4.32. The molecule has 0 amide bonds. The standard InChI is InChI=1S/C15H15NO2S/c1-17-11-3-4-13(18-2)12(9-11)14-15-10(5-7-16-14)6-8-19-15/h3-4,6,8-9H,5,7H2,1-2H3. The molecular weight excluding hydrogens is 258 g/mol. The van der Waals surface area contributed by atoms with Crippen molar-refractivity contribution in [1.82, 2.24) is 0 Å². The first-order valence-electron chi connectivity index (χ1n) is 6.17. The van der Waals surface area contributed by atoms with Gasteiger partial charge >= 0.3 is 0 Å². The molecule has 0 atom stereocenters. The largest absolute Gasteiger partial charge is 0.497 e. The molecule has 0 saturated carbocycles. The summed E-state index contributed by atoms with van der Waals surface area (Å²) < 4.78 is 10.8. The minimum Gasteiger partial charge on any atom is -0.497 e. The Bertz CT molecular complexity index is 631. The molecule has 19 heavy (non-hydrogen) atoms. The number of hydrogen-bond donors (Lipinski definition) is 0. The predicted octanol–water partition coefficient (Wildman–Crippen LogP) is 3.16. The summed E-state index contributed by atoms with van der Waals surface area (Å²) in [6.07, 6.45) is 1.02. The molecule has 0 unspecified atom stereocenters. The molecule has 4 heteroatoms. The lowest BCUT2D eigenvalue weighted by Gasteiger charge is -2.16. The molecule has 1 aliphatic heterocycles. The van der Waals surface area contributed by atoms with Crippen molar-refractivity contribution in [3.63, 3.8) is 0 Å². The predicted molar refractivity (Wildman–Crippen MR) is 78.1 cm³/mol. The molecule has 0 bridgehead atoms. The maximum Gasteiger partial charge on any atom is 0.128 e. The second kappa shape index (κ2) is 5.05. The van der Waals surface area contributed by atoms with E-state index in [9.17, 15) is 0 Å². The van der Waals surface area contributed by atoms with Crippen molar-refractivity contribution < 1.29 is 9.47 Å². The maximum atomic E-state index is 5.46. The molecule has 0 spiro atoms. The highest BCUT2D eigenvalue weighted by Crippen LogP contribution is 2.31. The third-order valence-corrected chi connectivity index (χ3v) is 4.24. The summed E-state index contributed by atoms with van der Waals surface area (Å²) >= 11 is 1.73. The number of rotatable bonds is 3. The summed E-state index contributed by atoms with van der Waals surface area (Å²) in [5.41, 5.74) is 3.40. The molecule has 98 valence electrons. The lowest BCUT2D eigenvalue weighted by molar-refractivity contribution is 0.402. The van der Waals surface area contributed by atoms with E-state index in [0.29, 0.717) is 0 Å². The number of benzene rings is 1. The zero-order chi connectivity index (χ0) is 13.2. The topological polar surface area (TPSA) is 30.8 Å². The maximum absolute atomic E-state index is 5.46. The summed E-state index contributed by atoms with van der Waals surface area (Å²) in [4.78, 5) is 5.94. The molecule has 0 radical (unpaired) electrons. The van der Waals surface area contributed by atoms with Crippen LogP contribution >= 0.6 is 11.3 Å². The van der Waals surface area contributed by atoms with Gasteiger partial charge in [0.15, 0.2) is 0 Å². The number of fused-ring (bicyclic) bond motifs is 1. The molecule has 3 nitrogen and oxygen atoms in total. The van der Waals surface area contributed by atoms with Gasteiger partial charge in [0.2, 0.25) is 0 Å². The fourth-order valence-corrected chi connectivity index (χ4v) is 3.28. The van der Waals surface area contributed by atoms with Crippen molar-refractivity contribution in [2.75, 3.05) is 20.8 Å². The quantitative estimate of drug-likeness (QED) is 0.860. The van der Waals surface area contributed by atoms with Crippen LogP contribution < -0.4 is 9.47 Å². The second-order valence-corrected chi connectivity index (χ2v) is 5.24. The summed E-state index contributed by atoms with van der Waals surface area (Å²) in [6, 6.07) is 8.01. The molecule has 0 N–H and O–H groups in total. The molecule has 1 aliphatic rings. The number of hydrogen-bond acceptors (Lipinski definition) is 4. The molecule has 0 saturated heterocycles. The fourth-order valence-electron chi connectivity index (χ4n) is 2.31. The summed E-state index contributed by atoms with van der Waals surface area (Å²) in [5, 5.41) is 2.12. The average Bonchev–Trinajstić information content (AvgIpc) is 2.94. The van der Waals surface area contributed by atoms with Crippen LogP contribution in [0.3, 0.4) is 0 Å². The van der Waals surface area contributed by atoms with Crippen LogP contribution in [0.4, 0.5) is 0 Å². The van der Waals surface area contributed by atoms with E-state index >= 15 is 0 Å². The van der Waals surface area contributed by atoms with Crippen molar-refractivity contribution in [1.29, 1.82) is 0 Å². The minimum atomic E-state index is 0.821. The van der Waals surface area contributed by atoms with Gasteiger partial charge in [-0.2, -0.15) is 0 Å². The van der Waals surface area contributed by atoms with E-state index in [1.54, 1.807) is 25.6 Å². The van der Waals surface area contributed by atoms with Gasteiger partial charge in [0.05, 0.1) is 24.8 Å². The van der Waals surface area contributed by atoms with Gasteiger partial charge in [-0.15, -0.1) is 11.3 Å². The van der Waals surface area contributed by atoms with Gasteiger partial charge in [-0.1, -0.05) is 0 Å². The Hall–Kier alpha value is -1.81. The Labute approximate surface area is 116 Å². The smallest absolute Gasteiger partial charge is 0.128 e. The van der Waals surface area contributed by atoms with Gasteiger partial charge in [-0.25, -0.2) is 0 Å². The van der Waals surface area contributed by atoms with E-state index in [4.69, 9.17) is 9.47 Å². The fraction of sp³-hybridized carbons (Fsp3) is 0.267. The zero-order valence-electron chi connectivity index (χ0n) is 11.0. The first kappa shape index (κ1) is 12.2. The lowest BCUT2D eigenvalue weighted by Crippen LogP contribution is -2.12. The van der Waals surface area contributed by atoms with Crippen LogP contribution in [0.1, 0.15) is 16.0 Å². The van der Waals surface area contributed by atoms with Crippen molar-refractivity contribution in [2.24, 2.45) is 4.99 Å². The van der Waals surface area contributed by atoms with Crippen molar-refractivity contribution >= 4 is 17.0 Å². The van der Waals surface area contributed by atoms with Crippen LogP contribution in [0.25, 0.3) is 0 Å². The number of methoxy groups -OCH3 is 2. The van der Waals surface area contributed by atoms with Gasteiger partial charge in [-0.3, -0.25) is 4.99 Å².